The Hall–Kier alpha value is -3.26. The van der Waals surface area contributed by atoms with E-state index in [9.17, 15) is 14.4 Å². The smallest absolute Gasteiger partial charge is 0.255 e. The van der Waals surface area contributed by atoms with Gasteiger partial charge in [0, 0.05) is 55.9 Å². The molecule has 35 heavy (non-hydrogen) atoms. The van der Waals surface area contributed by atoms with Gasteiger partial charge >= 0.3 is 0 Å². The molecule has 6 rings (SSSR count). The van der Waals surface area contributed by atoms with E-state index in [-0.39, 0.29) is 23.8 Å². The van der Waals surface area contributed by atoms with Crippen LogP contribution >= 0.6 is 0 Å². The average molecular weight is 474 g/mol. The number of carbonyl (C=O) groups excluding carboxylic acids is 3. The fraction of sp³-hybridized carbons (Fsp3) is 0.481. The van der Waals surface area contributed by atoms with Crippen molar-refractivity contribution < 1.29 is 14.4 Å². The standard InChI is InChI=1S/C27H31N5O3/c33-24-22-17-20-8-4-16-32(20)27(22)21-9-1-2-10-23(21)31(26(27)35)15-6-14-30(13-5-12-29-24)25(34)19-7-3-11-28-18-19/h1-3,7,9-11,18,20,22H,4-6,8,12-17H2,(H,29,33)/t20-,22-,27+/m0/s1. The quantitative estimate of drug-likeness (QED) is 0.686. The second kappa shape index (κ2) is 8.75. The number of nitrogens with one attached hydrogen (secondary N) is 1. The molecule has 1 aromatic carbocycles. The highest BCUT2D eigenvalue weighted by Gasteiger charge is 2.66. The fourth-order valence-electron chi connectivity index (χ4n) is 6.79. The summed E-state index contributed by atoms with van der Waals surface area (Å²) in [5.74, 6) is -0.498. The third-order valence-electron chi connectivity index (χ3n) is 8.24. The van der Waals surface area contributed by atoms with Gasteiger partial charge < -0.3 is 15.1 Å². The van der Waals surface area contributed by atoms with Gasteiger partial charge in [-0.3, -0.25) is 24.3 Å². The molecule has 1 spiro atoms. The summed E-state index contributed by atoms with van der Waals surface area (Å²) < 4.78 is 0. The second-order valence-corrected chi connectivity index (χ2v) is 10.1. The first-order chi connectivity index (χ1) is 17.1. The molecule has 8 nitrogen and oxygen atoms in total. The highest BCUT2D eigenvalue weighted by atomic mass is 16.2. The predicted octanol–water partition coefficient (Wildman–Crippen LogP) is 2.16. The molecule has 1 N–H and O–H groups in total. The van der Waals surface area contributed by atoms with Crippen molar-refractivity contribution in [2.75, 3.05) is 37.6 Å². The molecule has 0 radical (unpaired) electrons. The molecule has 3 amide bonds. The van der Waals surface area contributed by atoms with Crippen LogP contribution < -0.4 is 10.2 Å². The summed E-state index contributed by atoms with van der Waals surface area (Å²) in [6, 6.07) is 11.8. The van der Waals surface area contributed by atoms with E-state index >= 15 is 0 Å². The van der Waals surface area contributed by atoms with Crippen LogP contribution in [0.25, 0.3) is 0 Å². The lowest BCUT2D eigenvalue weighted by molar-refractivity contribution is -0.138. The third-order valence-corrected chi connectivity index (χ3v) is 8.24. The molecular formula is C27H31N5O3. The van der Waals surface area contributed by atoms with Crippen molar-refractivity contribution in [3.05, 3.63) is 59.9 Å². The molecule has 3 fully saturated rings. The molecule has 2 bridgehead atoms. The van der Waals surface area contributed by atoms with Gasteiger partial charge in [-0.15, -0.1) is 0 Å². The SMILES string of the molecule is O=C1NCCCN(C(=O)c2cccnc2)CCCN2C(=O)[C@@]3(c4ccccc42)[C@H]1C[C@@H]1CCCN13. The Labute approximate surface area is 205 Å². The van der Waals surface area contributed by atoms with Crippen LogP contribution in [0.3, 0.4) is 0 Å². The van der Waals surface area contributed by atoms with Gasteiger partial charge in [0.15, 0.2) is 0 Å². The molecule has 3 saturated heterocycles. The van der Waals surface area contributed by atoms with Crippen molar-refractivity contribution in [1.82, 2.24) is 20.1 Å². The third kappa shape index (κ3) is 3.37. The molecular weight excluding hydrogens is 442 g/mol. The van der Waals surface area contributed by atoms with Crippen LogP contribution in [0, 0.1) is 5.92 Å². The van der Waals surface area contributed by atoms with Crippen molar-refractivity contribution >= 4 is 23.4 Å². The van der Waals surface area contributed by atoms with Gasteiger partial charge in [0.2, 0.25) is 5.91 Å². The van der Waals surface area contributed by atoms with E-state index in [1.807, 2.05) is 34.1 Å². The van der Waals surface area contributed by atoms with E-state index in [0.717, 1.165) is 30.6 Å². The van der Waals surface area contributed by atoms with Crippen LogP contribution in [0.5, 0.6) is 0 Å². The maximum atomic E-state index is 14.3. The Morgan fingerprint density at radius 3 is 2.71 bits per heavy atom. The number of amides is 3. The van der Waals surface area contributed by atoms with E-state index in [4.69, 9.17) is 0 Å². The van der Waals surface area contributed by atoms with Crippen LogP contribution in [0.4, 0.5) is 5.69 Å². The van der Waals surface area contributed by atoms with Crippen LogP contribution in [-0.2, 0) is 15.1 Å². The van der Waals surface area contributed by atoms with Gasteiger partial charge in [0.05, 0.1) is 11.5 Å². The minimum Gasteiger partial charge on any atom is -0.356 e. The van der Waals surface area contributed by atoms with Gasteiger partial charge in [-0.25, -0.2) is 0 Å². The molecule has 3 atom stereocenters. The van der Waals surface area contributed by atoms with Gasteiger partial charge in [-0.05, 0) is 56.8 Å². The van der Waals surface area contributed by atoms with Crippen molar-refractivity contribution in [3.8, 4) is 0 Å². The summed E-state index contributed by atoms with van der Waals surface area (Å²) in [5.41, 5.74) is 1.51. The summed E-state index contributed by atoms with van der Waals surface area (Å²) in [7, 11) is 0. The van der Waals surface area contributed by atoms with Gasteiger partial charge in [-0.2, -0.15) is 0 Å². The Bertz CT molecular complexity index is 1150. The maximum Gasteiger partial charge on any atom is 0.255 e. The number of hydrogen-bond acceptors (Lipinski definition) is 5. The molecule has 8 heteroatoms. The van der Waals surface area contributed by atoms with Crippen molar-refractivity contribution in [2.24, 2.45) is 5.92 Å². The Morgan fingerprint density at radius 2 is 1.86 bits per heavy atom. The summed E-state index contributed by atoms with van der Waals surface area (Å²) in [4.78, 5) is 51.2. The van der Waals surface area contributed by atoms with E-state index in [0.29, 0.717) is 51.0 Å². The normalized spacial score (nSPS) is 28.9. The number of pyridine rings is 1. The molecule has 5 heterocycles. The van der Waals surface area contributed by atoms with Crippen molar-refractivity contribution in [3.63, 3.8) is 0 Å². The number of para-hydroxylation sites is 1. The largest absolute Gasteiger partial charge is 0.356 e. The highest BCUT2D eigenvalue weighted by Crippen LogP contribution is 2.57. The number of nitrogens with zero attached hydrogens (tertiary/aromatic N) is 4. The zero-order valence-electron chi connectivity index (χ0n) is 19.9. The monoisotopic (exact) mass is 473 g/mol. The first-order valence-electron chi connectivity index (χ1n) is 12.8. The number of hydrogen-bond donors (Lipinski definition) is 1. The summed E-state index contributed by atoms with van der Waals surface area (Å²) in [6.07, 6.45) is 7.37. The first kappa shape index (κ1) is 22.2. The van der Waals surface area contributed by atoms with E-state index < -0.39 is 11.5 Å². The average Bonchev–Trinajstić information content (AvgIpc) is 3.54. The number of rotatable bonds is 1. The Morgan fingerprint density at radius 1 is 1.00 bits per heavy atom. The van der Waals surface area contributed by atoms with Crippen molar-refractivity contribution in [1.29, 1.82) is 0 Å². The Kier molecular flexibility index (Phi) is 5.56. The first-order valence-corrected chi connectivity index (χ1v) is 12.8. The van der Waals surface area contributed by atoms with E-state index in [2.05, 4.69) is 15.2 Å². The molecule has 0 saturated carbocycles. The van der Waals surface area contributed by atoms with Crippen LogP contribution in [0.1, 0.15) is 48.0 Å². The number of fused-ring (bicyclic) bond motifs is 4. The lowest BCUT2D eigenvalue weighted by atomic mass is 9.78. The Balaban J connectivity index is 1.35. The maximum absolute atomic E-state index is 14.3. The molecule has 182 valence electrons. The molecule has 1 aromatic heterocycles. The number of carbonyl (C=O) groups is 3. The molecule has 4 aliphatic heterocycles. The lowest BCUT2D eigenvalue weighted by Gasteiger charge is -2.37. The van der Waals surface area contributed by atoms with E-state index in [1.54, 1.807) is 24.5 Å². The predicted molar refractivity (Wildman–Crippen MR) is 131 cm³/mol. The van der Waals surface area contributed by atoms with Crippen LogP contribution in [0.15, 0.2) is 48.8 Å². The number of anilines is 1. The number of benzene rings is 1. The van der Waals surface area contributed by atoms with Crippen LogP contribution in [0.2, 0.25) is 0 Å². The van der Waals surface area contributed by atoms with Gasteiger partial charge in [0.1, 0.15) is 5.54 Å². The van der Waals surface area contributed by atoms with E-state index in [1.165, 1.54) is 0 Å². The summed E-state index contributed by atoms with van der Waals surface area (Å²) in [6.45, 7) is 2.92. The van der Waals surface area contributed by atoms with Crippen molar-refractivity contribution in [2.45, 2.75) is 43.7 Å². The molecule has 0 unspecified atom stereocenters. The minimum atomic E-state index is -0.916. The minimum absolute atomic E-state index is 0.0210. The summed E-state index contributed by atoms with van der Waals surface area (Å²) >= 11 is 0. The van der Waals surface area contributed by atoms with Gasteiger partial charge in [-0.1, -0.05) is 18.2 Å². The summed E-state index contributed by atoms with van der Waals surface area (Å²) in [5, 5.41) is 3.12. The molecule has 0 aliphatic carbocycles. The van der Waals surface area contributed by atoms with Crippen LogP contribution in [-0.4, -0.2) is 71.3 Å². The topological polar surface area (TPSA) is 85.9 Å². The van der Waals surface area contributed by atoms with Gasteiger partial charge in [0.25, 0.3) is 11.8 Å². The molecule has 4 aliphatic rings. The number of aromatic nitrogens is 1. The fourth-order valence-corrected chi connectivity index (χ4v) is 6.79. The molecule has 2 aromatic rings. The second-order valence-electron chi connectivity index (χ2n) is 10.1. The zero-order valence-corrected chi connectivity index (χ0v) is 19.9. The zero-order chi connectivity index (χ0) is 24.0. The highest BCUT2D eigenvalue weighted by molar-refractivity contribution is 6.11. The lowest BCUT2D eigenvalue weighted by Crippen LogP contribution is -2.56.